The highest BCUT2D eigenvalue weighted by atomic mass is 16.5. The maximum absolute atomic E-state index is 11.9. The van der Waals surface area contributed by atoms with Gasteiger partial charge in [0.25, 0.3) is 5.91 Å². The smallest absolute Gasteiger partial charge is 0.268 e. The maximum Gasteiger partial charge on any atom is 0.268 e. The van der Waals surface area contributed by atoms with E-state index in [-0.39, 0.29) is 11.7 Å². The number of anilines is 1. The summed E-state index contributed by atoms with van der Waals surface area (Å²) < 4.78 is 5.44. The summed E-state index contributed by atoms with van der Waals surface area (Å²) in [6.45, 7) is 5.72. The van der Waals surface area contributed by atoms with Crippen molar-refractivity contribution in [3.63, 3.8) is 0 Å². The van der Waals surface area contributed by atoms with Crippen LogP contribution in [0.15, 0.2) is 30.9 Å². The Kier molecular flexibility index (Phi) is 2.56. The van der Waals surface area contributed by atoms with Crippen molar-refractivity contribution in [3.05, 3.63) is 30.9 Å². The molecule has 0 fully saturated rings. The van der Waals surface area contributed by atoms with Gasteiger partial charge in [0, 0.05) is 12.6 Å². The van der Waals surface area contributed by atoms with E-state index in [1.54, 1.807) is 24.0 Å². The number of phenols is 1. The Morgan fingerprint density at radius 2 is 2.38 bits per heavy atom. The minimum Gasteiger partial charge on any atom is -0.508 e. The van der Waals surface area contributed by atoms with E-state index in [2.05, 4.69) is 6.58 Å². The lowest BCUT2D eigenvalue weighted by molar-refractivity contribution is -0.125. The van der Waals surface area contributed by atoms with Gasteiger partial charge in [-0.15, -0.1) is 6.58 Å². The zero-order chi connectivity index (χ0) is 11.7. The molecule has 1 aliphatic rings. The lowest BCUT2D eigenvalue weighted by atomic mass is 10.2. The van der Waals surface area contributed by atoms with E-state index in [0.717, 1.165) is 0 Å². The molecule has 4 heteroatoms. The largest absolute Gasteiger partial charge is 0.508 e. The van der Waals surface area contributed by atoms with Gasteiger partial charge < -0.3 is 14.7 Å². The number of amides is 1. The molecular formula is C12H13NO3. The van der Waals surface area contributed by atoms with E-state index < -0.39 is 6.10 Å². The van der Waals surface area contributed by atoms with Gasteiger partial charge >= 0.3 is 0 Å². The summed E-state index contributed by atoms with van der Waals surface area (Å²) in [5.41, 5.74) is 0.586. The highest BCUT2D eigenvalue weighted by molar-refractivity contribution is 6.00. The lowest BCUT2D eigenvalue weighted by Crippen LogP contribution is -2.44. The fourth-order valence-electron chi connectivity index (χ4n) is 1.71. The number of aromatic hydroxyl groups is 1. The highest BCUT2D eigenvalue weighted by Gasteiger charge is 2.30. The molecule has 2 rings (SSSR count). The molecule has 16 heavy (non-hydrogen) atoms. The molecule has 1 aromatic rings. The molecule has 1 atom stereocenters. The molecule has 1 aliphatic heterocycles. The van der Waals surface area contributed by atoms with E-state index in [4.69, 9.17) is 4.74 Å². The second-order valence-corrected chi connectivity index (χ2v) is 3.65. The molecule has 0 bridgehead atoms. The number of carbonyl (C=O) groups excluding carboxylic acids is 1. The first-order valence-corrected chi connectivity index (χ1v) is 5.05. The van der Waals surface area contributed by atoms with Crippen molar-refractivity contribution in [1.82, 2.24) is 0 Å². The number of fused-ring (bicyclic) bond motifs is 1. The summed E-state index contributed by atoms with van der Waals surface area (Å²) in [5, 5.41) is 9.41. The van der Waals surface area contributed by atoms with Crippen molar-refractivity contribution in [3.8, 4) is 11.5 Å². The molecule has 1 heterocycles. The van der Waals surface area contributed by atoms with Crippen molar-refractivity contribution in [2.24, 2.45) is 0 Å². The number of hydrogen-bond acceptors (Lipinski definition) is 3. The van der Waals surface area contributed by atoms with Crippen LogP contribution in [0.2, 0.25) is 0 Å². The number of nitrogens with zero attached hydrogens (tertiary/aromatic N) is 1. The predicted octanol–water partition coefficient (Wildman–Crippen LogP) is 1.69. The normalized spacial score (nSPS) is 18.9. The van der Waals surface area contributed by atoms with Crippen molar-refractivity contribution in [2.75, 3.05) is 11.4 Å². The maximum atomic E-state index is 11.9. The fourth-order valence-corrected chi connectivity index (χ4v) is 1.71. The topological polar surface area (TPSA) is 49.8 Å². The molecule has 0 aliphatic carbocycles. The van der Waals surface area contributed by atoms with Crippen LogP contribution in [0.3, 0.4) is 0 Å². The second-order valence-electron chi connectivity index (χ2n) is 3.65. The number of rotatable bonds is 2. The summed E-state index contributed by atoms with van der Waals surface area (Å²) in [7, 11) is 0. The molecule has 4 nitrogen and oxygen atoms in total. The Morgan fingerprint density at radius 3 is 3.06 bits per heavy atom. The fraction of sp³-hybridized carbons (Fsp3) is 0.250. The van der Waals surface area contributed by atoms with Gasteiger partial charge in [-0.25, -0.2) is 0 Å². The Balaban J connectivity index is 2.48. The quantitative estimate of drug-likeness (QED) is 0.770. The molecular weight excluding hydrogens is 206 g/mol. The highest BCUT2D eigenvalue weighted by Crippen LogP contribution is 2.36. The number of hydrogen-bond donors (Lipinski definition) is 1. The molecule has 0 saturated carbocycles. The van der Waals surface area contributed by atoms with E-state index >= 15 is 0 Å². The van der Waals surface area contributed by atoms with Crippen molar-refractivity contribution in [1.29, 1.82) is 0 Å². The first-order valence-electron chi connectivity index (χ1n) is 5.05. The van der Waals surface area contributed by atoms with Crippen LogP contribution in [0.4, 0.5) is 5.69 Å². The van der Waals surface area contributed by atoms with Crippen LogP contribution in [0.1, 0.15) is 6.92 Å². The standard InChI is InChI=1S/C12H13NO3/c1-3-6-13-10-7-9(14)4-5-11(10)16-8(2)12(13)15/h3-5,7-8,14H,1,6H2,2H3. The van der Waals surface area contributed by atoms with Crippen LogP contribution in [0.25, 0.3) is 0 Å². The first kappa shape index (κ1) is 10.5. The lowest BCUT2D eigenvalue weighted by Gasteiger charge is -2.32. The molecule has 0 radical (unpaired) electrons. The van der Waals surface area contributed by atoms with E-state index in [9.17, 15) is 9.90 Å². The average molecular weight is 219 g/mol. The number of phenolic OH excluding ortho intramolecular Hbond substituents is 1. The van der Waals surface area contributed by atoms with Gasteiger partial charge in [-0.3, -0.25) is 4.79 Å². The Labute approximate surface area is 93.8 Å². The summed E-state index contributed by atoms with van der Waals surface area (Å²) in [4.78, 5) is 13.4. The van der Waals surface area contributed by atoms with Gasteiger partial charge in [-0.1, -0.05) is 6.08 Å². The minimum absolute atomic E-state index is 0.110. The molecule has 0 saturated heterocycles. The summed E-state index contributed by atoms with van der Waals surface area (Å²) in [6.07, 6.45) is 1.14. The third-order valence-electron chi connectivity index (χ3n) is 2.46. The van der Waals surface area contributed by atoms with Crippen LogP contribution in [-0.2, 0) is 4.79 Å². The third-order valence-corrected chi connectivity index (χ3v) is 2.46. The third kappa shape index (κ3) is 1.62. The summed E-state index contributed by atoms with van der Waals surface area (Å²) in [6, 6.07) is 4.71. The van der Waals surface area contributed by atoms with E-state index in [1.807, 2.05) is 0 Å². The zero-order valence-electron chi connectivity index (χ0n) is 9.01. The SMILES string of the molecule is C=CCN1C(=O)C(C)Oc2ccc(O)cc21. The van der Waals surface area contributed by atoms with E-state index in [0.29, 0.717) is 18.0 Å². The number of carbonyl (C=O) groups is 1. The van der Waals surface area contributed by atoms with Gasteiger partial charge in [0.05, 0.1) is 5.69 Å². The number of ether oxygens (including phenoxy) is 1. The molecule has 84 valence electrons. The molecule has 1 amide bonds. The van der Waals surface area contributed by atoms with Crippen LogP contribution >= 0.6 is 0 Å². The van der Waals surface area contributed by atoms with Crippen molar-refractivity contribution >= 4 is 11.6 Å². The van der Waals surface area contributed by atoms with Gasteiger partial charge in [0.15, 0.2) is 6.10 Å². The predicted molar refractivity (Wildman–Crippen MR) is 60.7 cm³/mol. The Morgan fingerprint density at radius 1 is 1.62 bits per heavy atom. The summed E-state index contributed by atoms with van der Waals surface area (Å²) >= 11 is 0. The average Bonchev–Trinajstić information content (AvgIpc) is 2.26. The van der Waals surface area contributed by atoms with Crippen LogP contribution in [0.5, 0.6) is 11.5 Å². The van der Waals surface area contributed by atoms with E-state index in [1.165, 1.54) is 12.1 Å². The second kappa shape index (κ2) is 3.89. The monoisotopic (exact) mass is 219 g/mol. The first-order chi connectivity index (χ1) is 7.63. The zero-order valence-corrected chi connectivity index (χ0v) is 9.01. The number of benzene rings is 1. The molecule has 1 N–H and O–H groups in total. The molecule has 1 aromatic carbocycles. The van der Waals surface area contributed by atoms with Gasteiger partial charge in [-0.2, -0.15) is 0 Å². The minimum atomic E-state index is -0.503. The van der Waals surface area contributed by atoms with Crippen LogP contribution < -0.4 is 9.64 Å². The van der Waals surface area contributed by atoms with Gasteiger partial charge in [0.1, 0.15) is 11.5 Å². The Hall–Kier alpha value is -1.97. The summed E-state index contributed by atoms with van der Waals surface area (Å²) in [5.74, 6) is 0.587. The van der Waals surface area contributed by atoms with Crippen molar-refractivity contribution < 1.29 is 14.6 Å². The Bertz CT molecular complexity index is 442. The van der Waals surface area contributed by atoms with Gasteiger partial charge in [0.2, 0.25) is 0 Å². The van der Waals surface area contributed by atoms with Crippen LogP contribution in [0, 0.1) is 0 Å². The van der Waals surface area contributed by atoms with Crippen molar-refractivity contribution in [2.45, 2.75) is 13.0 Å². The van der Waals surface area contributed by atoms with Gasteiger partial charge in [-0.05, 0) is 19.1 Å². The molecule has 0 spiro atoms. The molecule has 1 unspecified atom stereocenters. The van der Waals surface area contributed by atoms with Crippen LogP contribution in [-0.4, -0.2) is 23.7 Å². The molecule has 0 aromatic heterocycles.